The minimum atomic E-state index is -0.213. The fraction of sp³-hybridized carbons (Fsp3) is 0.455. The van der Waals surface area contributed by atoms with E-state index in [1.165, 1.54) is 6.07 Å². The van der Waals surface area contributed by atoms with Gasteiger partial charge in [-0.3, -0.25) is 0 Å². The number of likely N-dealkylation sites (N-methyl/N-ethyl adjacent to an activating group) is 1. The van der Waals surface area contributed by atoms with E-state index in [0.717, 1.165) is 50.6 Å². The maximum atomic E-state index is 13.8. The van der Waals surface area contributed by atoms with Crippen molar-refractivity contribution in [3.05, 3.63) is 59.5 Å². The lowest BCUT2D eigenvalue weighted by atomic mass is 10.2. The number of piperazine rings is 1. The molecule has 2 N–H and O–H groups in total. The summed E-state index contributed by atoms with van der Waals surface area (Å²) in [7, 11) is 0. The number of aliphatic imine (C=N–C) groups is 1. The van der Waals surface area contributed by atoms with Crippen LogP contribution in [0.5, 0.6) is 0 Å². The van der Waals surface area contributed by atoms with Gasteiger partial charge in [-0.2, -0.15) is 0 Å². The predicted molar refractivity (Wildman–Crippen MR) is 132 cm³/mol. The van der Waals surface area contributed by atoms with Crippen molar-refractivity contribution in [2.75, 3.05) is 44.2 Å². The lowest BCUT2D eigenvalue weighted by molar-refractivity contribution is 0.270. The summed E-state index contributed by atoms with van der Waals surface area (Å²) in [6, 6.07) is 10.9. The zero-order chi connectivity index (χ0) is 20.5. The van der Waals surface area contributed by atoms with Gasteiger partial charge in [-0.1, -0.05) is 31.2 Å². The van der Waals surface area contributed by atoms with Gasteiger partial charge < -0.3 is 20.4 Å². The molecule has 0 aliphatic carbocycles. The highest BCUT2D eigenvalue weighted by Gasteiger charge is 2.16. The van der Waals surface area contributed by atoms with Crippen LogP contribution in [-0.2, 0) is 13.1 Å². The first-order valence-corrected chi connectivity index (χ1v) is 10.4. The summed E-state index contributed by atoms with van der Waals surface area (Å²) >= 11 is 0. The van der Waals surface area contributed by atoms with Crippen LogP contribution >= 0.6 is 24.0 Å². The van der Waals surface area contributed by atoms with Gasteiger partial charge in [-0.05, 0) is 31.2 Å². The van der Waals surface area contributed by atoms with Crippen molar-refractivity contribution in [1.29, 1.82) is 0 Å². The van der Waals surface area contributed by atoms with Crippen molar-refractivity contribution >= 4 is 35.8 Å². The molecule has 0 atom stereocenters. The third-order valence-corrected chi connectivity index (χ3v) is 5.12. The van der Waals surface area contributed by atoms with Crippen molar-refractivity contribution in [3.63, 3.8) is 0 Å². The molecule has 164 valence electrons. The van der Waals surface area contributed by atoms with Crippen molar-refractivity contribution in [3.8, 4) is 0 Å². The normalized spacial score (nSPS) is 14.9. The Balaban J connectivity index is 0.00000320. The highest BCUT2D eigenvalue weighted by atomic mass is 127. The molecule has 1 aliphatic heterocycles. The lowest BCUT2D eigenvalue weighted by Crippen LogP contribution is -2.46. The SMILES string of the molecule is CCNC(=NCc1ccc(N2CCN(CC)CC2)nc1)NCc1ccccc1F.I. The smallest absolute Gasteiger partial charge is 0.191 e. The number of pyridine rings is 1. The number of anilines is 1. The van der Waals surface area contributed by atoms with Gasteiger partial charge in [0.1, 0.15) is 11.6 Å². The molecule has 0 radical (unpaired) electrons. The van der Waals surface area contributed by atoms with Gasteiger partial charge in [-0.15, -0.1) is 24.0 Å². The van der Waals surface area contributed by atoms with Gasteiger partial charge in [0.25, 0.3) is 0 Å². The van der Waals surface area contributed by atoms with E-state index in [9.17, 15) is 4.39 Å². The number of aromatic nitrogens is 1. The molecule has 30 heavy (non-hydrogen) atoms. The van der Waals surface area contributed by atoms with Crippen molar-refractivity contribution in [1.82, 2.24) is 20.5 Å². The van der Waals surface area contributed by atoms with Crippen LogP contribution in [-0.4, -0.2) is 55.1 Å². The van der Waals surface area contributed by atoms with Crippen LogP contribution in [0.2, 0.25) is 0 Å². The number of hydrogen-bond acceptors (Lipinski definition) is 4. The summed E-state index contributed by atoms with van der Waals surface area (Å²) in [5.74, 6) is 1.48. The Kier molecular flexibility index (Phi) is 10.3. The molecular weight excluding hydrogens is 494 g/mol. The average Bonchev–Trinajstić information content (AvgIpc) is 2.77. The van der Waals surface area contributed by atoms with E-state index in [4.69, 9.17) is 0 Å². The van der Waals surface area contributed by atoms with Gasteiger partial charge in [0.05, 0.1) is 6.54 Å². The predicted octanol–water partition coefficient (Wildman–Crippen LogP) is 3.24. The second-order valence-electron chi connectivity index (χ2n) is 7.09. The molecule has 1 aromatic carbocycles. The molecule has 0 spiro atoms. The number of hydrogen-bond donors (Lipinski definition) is 2. The summed E-state index contributed by atoms with van der Waals surface area (Å²) in [4.78, 5) is 14.0. The standard InChI is InChI=1S/C22H31FN6.HI/c1-3-24-22(27-17-19-7-5-6-8-20(19)23)26-16-18-9-10-21(25-15-18)29-13-11-28(4-2)12-14-29;/h5-10,15H,3-4,11-14,16-17H2,1-2H3,(H2,24,26,27);1H. The number of guanidine groups is 1. The Morgan fingerprint density at radius 1 is 1.07 bits per heavy atom. The molecule has 0 unspecified atom stereocenters. The number of halogens is 2. The Bertz CT molecular complexity index is 790. The summed E-state index contributed by atoms with van der Waals surface area (Å²) in [6.07, 6.45) is 1.89. The Morgan fingerprint density at radius 3 is 2.47 bits per heavy atom. The Labute approximate surface area is 196 Å². The molecule has 2 aromatic rings. The van der Waals surface area contributed by atoms with E-state index >= 15 is 0 Å². The van der Waals surface area contributed by atoms with Crippen molar-refractivity contribution < 1.29 is 4.39 Å². The number of nitrogens with zero attached hydrogens (tertiary/aromatic N) is 4. The van der Waals surface area contributed by atoms with Crippen LogP contribution in [0.15, 0.2) is 47.6 Å². The van der Waals surface area contributed by atoms with Crippen LogP contribution in [0.1, 0.15) is 25.0 Å². The molecule has 0 saturated carbocycles. The summed E-state index contributed by atoms with van der Waals surface area (Å²) in [5, 5.41) is 6.38. The fourth-order valence-corrected chi connectivity index (χ4v) is 3.32. The molecule has 1 fully saturated rings. The first-order chi connectivity index (χ1) is 14.2. The highest BCUT2D eigenvalue weighted by molar-refractivity contribution is 14.0. The average molecular weight is 526 g/mol. The van der Waals surface area contributed by atoms with Crippen LogP contribution < -0.4 is 15.5 Å². The fourth-order valence-electron chi connectivity index (χ4n) is 3.32. The van der Waals surface area contributed by atoms with E-state index in [2.05, 4.69) is 49.5 Å². The minimum absolute atomic E-state index is 0. The summed E-state index contributed by atoms with van der Waals surface area (Å²) in [5.41, 5.74) is 1.66. The van der Waals surface area contributed by atoms with Crippen LogP contribution in [0.4, 0.5) is 10.2 Å². The largest absolute Gasteiger partial charge is 0.357 e. The van der Waals surface area contributed by atoms with Crippen LogP contribution in [0, 0.1) is 5.82 Å². The van der Waals surface area contributed by atoms with Gasteiger partial charge in [0, 0.05) is 51.0 Å². The van der Waals surface area contributed by atoms with E-state index in [-0.39, 0.29) is 29.8 Å². The third-order valence-electron chi connectivity index (χ3n) is 5.12. The van der Waals surface area contributed by atoms with Gasteiger partial charge in [0.2, 0.25) is 0 Å². The molecular formula is C22H32FIN6. The second kappa shape index (κ2) is 12.7. The molecule has 0 amide bonds. The molecule has 2 heterocycles. The third kappa shape index (κ3) is 7.09. The van der Waals surface area contributed by atoms with Crippen molar-refractivity contribution in [2.45, 2.75) is 26.9 Å². The maximum Gasteiger partial charge on any atom is 0.191 e. The molecule has 1 saturated heterocycles. The zero-order valence-electron chi connectivity index (χ0n) is 17.8. The molecule has 6 nitrogen and oxygen atoms in total. The monoisotopic (exact) mass is 526 g/mol. The topological polar surface area (TPSA) is 55.8 Å². The summed E-state index contributed by atoms with van der Waals surface area (Å²) < 4.78 is 13.8. The minimum Gasteiger partial charge on any atom is -0.357 e. The number of rotatable bonds is 7. The Hall–Kier alpha value is -1.94. The first-order valence-electron chi connectivity index (χ1n) is 10.4. The van der Waals surface area contributed by atoms with Gasteiger partial charge in [-0.25, -0.2) is 14.4 Å². The molecule has 1 aliphatic rings. The second-order valence-corrected chi connectivity index (χ2v) is 7.09. The van der Waals surface area contributed by atoms with E-state index in [1.54, 1.807) is 12.1 Å². The number of benzene rings is 1. The zero-order valence-corrected chi connectivity index (χ0v) is 20.1. The molecule has 8 heteroatoms. The molecule has 1 aromatic heterocycles. The quantitative estimate of drug-likeness (QED) is 0.330. The van der Waals surface area contributed by atoms with Crippen molar-refractivity contribution in [2.24, 2.45) is 4.99 Å². The van der Waals surface area contributed by atoms with Gasteiger partial charge >= 0.3 is 0 Å². The van der Waals surface area contributed by atoms with E-state index in [1.807, 2.05) is 19.2 Å². The van der Waals surface area contributed by atoms with Crippen LogP contribution in [0.25, 0.3) is 0 Å². The first kappa shape index (κ1) is 24.3. The summed E-state index contributed by atoms with van der Waals surface area (Å²) in [6.45, 7) is 11.2. The number of nitrogens with one attached hydrogen (secondary N) is 2. The van der Waals surface area contributed by atoms with Gasteiger partial charge in [0.15, 0.2) is 5.96 Å². The van der Waals surface area contributed by atoms with E-state index in [0.29, 0.717) is 24.6 Å². The van der Waals surface area contributed by atoms with Crippen LogP contribution in [0.3, 0.4) is 0 Å². The van der Waals surface area contributed by atoms with E-state index < -0.39 is 0 Å². The lowest BCUT2D eigenvalue weighted by Gasteiger charge is -2.34. The highest BCUT2D eigenvalue weighted by Crippen LogP contribution is 2.14. The Morgan fingerprint density at radius 2 is 1.83 bits per heavy atom. The maximum absolute atomic E-state index is 13.8. The molecule has 3 rings (SSSR count). The molecule has 0 bridgehead atoms.